The molecule has 0 atom stereocenters. The van der Waals surface area contributed by atoms with E-state index >= 15 is 4.39 Å². The van der Waals surface area contributed by atoms with E-state index in [0.717, 1.165) is 62.0 Å². The molecule has 0 aliphatic rings. The first-order valence-electron chi connectivity index (χ1n) is 11.4. The fraction of sp³-hybridized carbons (Fsp3) is 0.185. The number of nitrogens with one attached hydrogen (secondary N) is 2. The van der Waals surface area contributed by atoms with E-state index in [1.54, 1.807) is 30.7 Å². The second-order valence-electron chi connectivity index (χ2n) is 8.81. The first-order chi connectivity index (χ1) is 16.5. The molecule has 6 nitrogen and oxygen atoms in total. The van der Waals surface area contributed by atoms with Crippen molar-refractivity contribution in [2.45, 2.75) is 33.1 Å². The van der Waals surface area contributed by atoms with Gasteiger partial charge in [0.25, 0.3) is 0 Å². The van der Waals surface area contributed by atoms with Gasteiger partial charge in [-0.3, -0.25) is 9.97 Å². The molecule has 0 fully saturated rings. The normalized spacial score (nSPS) is 11.9. The maximum Gasteiger partial charge on any atom is 0.133 e. The van der Waals surface area contributed by atoms with Gasteiger partial charge in [-0.15, -0.1) is 0 Å². The summed E-state index contributed by atoms with van der Waals surface area (Å²) >= 11 is 0. The number of benzene rings is 3. The summed E-state index contributed by atoms with van der Waals surface area (Å²) < 4.78 is 15.2. The summed E-state index contributed by atoms with van der Waals surface area (Å²) in [4.78, 5) is 25.0. The molecule has 0 radical (unpaired) electrons. The molecular weight excluding hydrogens is 427 g/mol. The molecule has 0 aliphatic heterocycles. The SMILES string of the molecule is CCc1nc2c3ccc(-c4ccc(-c5cnc(C(C)C)[nH]5)c(F)c4)cc3c3nccnc3c2[nH]1. The van der Waals surface area contributed by atoms with Crippen LogP contribution in [0.5, 0.6) is 0 Å². The van der Waals surface area contributed by atoms with Gasteiger partial charge in [-0.05, 0) is 29.3 Å². The van der Waals surface area contributed by atoms with Gasteiger partial charge in [0.2, 0.25) is 0 Å². The number of H-pyrrole nitrogens is 2. The number of halogens is 1. The fourth-order valence-electron chi connectivity index (χ4n) is 4.48. The fourth-order valence-corrected chi connectivity index (χ4v) is 4.48. The molecule has 168 valence electrons. The Balaban J connectivity index is 1.51. The van der Waals surface area contributed by atoms with Gasteiger partial charge in [0.1, 0.15) is 23.0 Å². The van der Waals surface area contributed by atoms with E-state index in [1.165, 1.54) is 0 Å². The van der Waals surface area contributed by atoms with Gasteiger partial charge in [-0.25, -0.2) is 14.4 Å². The van der Waals surface area contributed by atoms with E-state index < -0.39 is 0 Å². The van der Waals surface area contributed by atoms with Gasteiger partial charge in [0.05, 0.1) is 28.4 Å². The van der Waals surface area contributed by atoms with Crippen LogP contribution < -0.4 is 0 Å². The van der Waals surface area contributed by atoms with E-state index in [9.17, 15) is 0 Å². The van der Waals surface area contributed by atoms with E-state index in [0.29, 0.717) is 11.3 Å². The summed E-state index contributed by atoms with van der Waals surface area (Å²) in [6.07, 6.45) is 5.88. The third-order valence-corrected chi connectivity index (χ3v) is 6.29. The Kier molecular flexibility index (Phi) is 4.65. The van der Waals surface area contributed by atoms with Crippen LogP contribution in [0.1, 0.15) is 38.3 Å². The van der Waals surface area contributed by atoms with Gasteiger partial charge >= 0.3 is 0 Å². The minimum absolute atomic E-state index is 0.251. The first kappa shape index (κ1) is 20.5. The van der Waals surface area contributed by atoms with E-state index in [1.807, 2.05) is 24.3 Å². The summed E-state index contributed by atoms with van der Waals surface area (Å²) in [7, 11) is 0. The highest BCUT2D eigenvalue weighted by atomic mass is 19.1. The molecule has 3 aromatic carbocycles. The second-order valence-corrected chi connectivity index (χ2v) is 8.81. The van der Waals surface area contributed by atoms with E-state index in [4.69, 9.17) is 4.98 Å². The molecule has 0 spiro atoms. The number of aromatic nitrogens is 6. The molecule has 6 aromatic rings. The summed E-state index contributed by atoms with van der Waals surface area (Å²) in [5.74, 6) is 1.71. The van der Waals surface area contributed by atoms with Crippen molar-refractivity contribution in [3.05, 3.63) is 72.5 Å². The number of aryl methyl sites for hydroxylation is 1. The van der Waals surface area contributed by atoms with Crippen molar-refractivity contribution in [3.8, 4) is 22.4 Å². The third kappa shape index (κ3) is 3.15. The standard InChI is InChI=1S/C27H23FN6/c1-4-22-33-24-17-7-5-15(11-19(17)23-25(26(24)34-22)30-10-9-29-23)16-6-8-18(20(28)12-16)21-13-31-27(32-21)14(2)3/h5-14H,4H2,1-3H3,(H,31,32)(H,33,34). The summed E-state index contributed by atoms with van der Waals surface area (Å²) in [6, 6.07) is 11.4. The predicted molar refractivity (Wildman–Crippen MR) is 133 cm³/mol. The highest BCUT2D eigenvalue weighted by Gasteiger charge is 2.16. The van der Waals surface area contributed by atoms with Crippen LogP contribution >= 0.6 is 0 Å². The lowest BCUT2D eigenvalue weighted by molar-refractivity contribution is 0.631. The number of hydrogen-bond donors (Lipinski definition) is 2. The zero-order chi connectivity index (χ0) is 23.4. The van der Waals surface area contributed by atoms with Crippen molar-refractivity contribution < 1.29 is 4.39 Å². The van der Waals surface area contributed by atoms with Gasteiger partial charge < -0.3 is 9.97 Å². The van der Waals surface area contributed by atoms with Crippen LogP contribution in [-0.4, -0.2) is 29.9 Å². The lowest BCUT2D eigenvalue weighted by atomic mass is 9.98. The smallest absolute Gasteiger partial charge is 0.133 e. The third-order valence-electron chi connectivity index (χ3n) is 6.29. The molecule has 0 aliphatic carbocycles. The zero-order valence-corrected chi connectivity index (χ0v) is 19.1. The van der Waals surface area contributed by atoms with Gasteiger partial charge in [0.15, 0.2) is 0 Å². The molecule has 0 amide bonds. The number of rotatable bonds is 4. The molecule has 34 heavy (non-hydrogen) atoms. The maximum atomic E-state index is 15.2. The topological polar surface area (TPSA) is 83.1 Å². The summed E-state index contributed by atoms with van der Waals surface area (Å²) in [5, 5.41) is 1.94. The minimum atomic E-state index is -0.295. The molecule has 0 saturated heterocycles. The van der Waals surface area contributed by atoms with Crippen molar-refractivity contribution in [2.24, 2.45) is 0 Å². The van der Waals surface area contributed by atoms with E-state index in [2.05, 4.69) is 45.7 Å². The van der Waals surface area contributed by atoms with Crippen molar-refractivity contribution in [1.82, 2.24) is 29.9 Å². The Morgan fingerprint density at radius 2 is 1.62 bits per heavy atom. The van der Waals surface area contributed by atoms with E-state index in [-0.39, 0.29) is 11.7 Å². The molecule has 0 bridgehead atoms. The van der Waals surface area contributed by atoms with Crippen molar-refractivity contribution in [1.29, 1.82) is 0 Å². The van der Waals surface area contributed by atoms with Crippen LogP contribution in [0.15, 0.2) is 55.0 Å². The van der Waals surface area contributed by atoms with Crippen molar-refractivity contribution in [2.75, 3.05) is 0 Å². The Morgan fingerprint density at radius 1 is 0.853 bits per heavy atom. The van der Waals surface area contributed by atoms with Crippen LogP contribution in [0.2, 0.25) is 0 Å². The van der Waals surface area contributed by atoms with Crippen LogP contribution in [0.25, 0.3) is 55.2 Å². The van der Waals surface area contributed by atoms with Crippen LogP contribution in [0.3, 0.4) is 0 Å². The van der Waals surface area contributed by atoms with Gasteiger partial charge in [-0.1, -0.05) is 39.0 Å². The van der Waals surface area contributed by atoms with Crippen LogP contribution in [-0.2, 0) is 6.42 Å². The summed E-state index contributed by atoms with van der Waals surface area (Å²) in [6.45, 7) is 6.17. The zero-order valence-electron chi connectivity index (χ0n) is 19.1. The largest absolute Gasteiger partial charge is 0.342 e. The Morgan fingerprint density at radius 3 is 2.35 bits per heavy atom. The highest BCUT2D eigenvalue weighted by Crippen LogP contribution is 2.35. The lowest BCUT2D eigenvalue weighted by Crippen LogP contribution is -1.91. The van der Waals surface area contributed by atoms with Gasteiger partial charge in [0, 0.05) is 41.1 Å². The lowest BCUT2D eigenvalue weighted by Gasteiger charge is -2.09. The number of imidazole rings is 2. The first-order valence-corrected chi connectivity index (χ1v) is 11.4. The maximum absolute atomic E-state index is 15.2. The second kappa shape index (κ2) is 7.73. The Hall–Kier alpha value is -4.13. The van der Waals surface area contributed by atoms with Crippen LogP contribution in [0, 0.1) is 5.82 Å². The molecule has 3 aromatic heterocycles. The number of fused-ring (bicyclic) bond motifs is 6. The summed E-state index contributed by atoms with van der Waals surface area (Å²) in [5.41, 5.74) is 6.25. The molecule has 2 N–H and O–H groups in total. The van der Waals surface area contributed by atoms with Crippen molar-refractivity contribution in [3.63, 3.8) is 0 Å². The highest BCUT2D eigenvalue weighted by molar-refractivity contribution is 6.21. The quantitative estimate of drug-likeness (QED) is 0.299. The van der Waals surface area contributed by atoms with Crippen LogP contribution in [0.4, 0.5) is 4.39 Å². The monoisotopic (exact) mass is 450 g/mol. The number of aromatic amines is 2. The number of nitrogens with zero attached hydrogens (tertiary/aromatic N) is 4. The molecule has 7 heteroatoms. The molecule has 6 rings (SSSR count). The average Bonchev–Trinajstić information content (AvgIpc) is 3.52. The molecule has 0 unspecified atom stereocenters. The molecule has 3 heterocycles. The number of hydrogen-bond acceptors (Lipinski definition) is 4. The predicted octanol–water partition coefficient (Wildman–Crippen LogP) is 6.54. The van der Waals surface area contributed by atoms with Crippen molar-refractivity contribution >= 4 is 32.8 Å². The Bertz CT molecular complexity index is 1690. The average molecular weight is 451 g/mol. The minimum Gasteiger partial charge on any atom is -0.342 e. The molecular formula is C27H23FN6. The Labute approximate surface area is 195 Å². The molecule has 0 saturated carbocycles. The van der Waals surface area contributed by atoms with Gasteiger partial charge in [-0.2, -0.15) is 0 Å².